The van der Waals surface area contributed by atoms with Crippen LogP contribution in [0.4, 0.5) is 0 Å². The van der Waals surface area contributed by atoms with Crippen LogP contribution in [0.2, 0.25) is 0 Å². The highest BCUT2D eigenvalue weighted by Crippen LogP contribution is 2.27. The van der Waals surface area contributed by atoms with Gasteiger partial charge in [0.2, 0.25) is 0 Å². The molecule has 72 valence electrons. The maximum absolute atomic E-state index is 8.91. The zero-order chi connectivity index (χ0) is 9.80. The largest absolute Gasteiger partial charge is 0.396 e. The molecule has 2 rings (SSSR count). The molecule has 0 saturated carbocycles. The van der Waals surface area contributed by atoms with Crippen LogP contribution < -0.4 is 0 Å². The molecule has 0 bridgehead atoms. The van der Waals surface area contributed by atoms with E-state index in [0.29, 0.717) is 0 Å². The fraction of sp³-hybridized carbons (Fsp3) is 0.167. The molecule has 14 heavy (non-hydrogen) atoms. The van der Waals surface area contributed by atoms with Crippen LogP contribution in [0, 0.1) is 0 Å². The van der Waals surface area contributed by atoms with Crippen LogP contribution in [0.3, 0.4) is 0 Å². The molecule has 0 amide bonds. The number of hydrogen-bond donors (Lipinski definition) is 1. The van der Waals surface area contributed by atoms with Gasteiger partial charge in [0.05, 0.1) is 0 Å². The minimum Gasteiger partial charge on any atom is -0.396 e. The van der Waals surface area contributed by atoms with E-state index in [2.05, 4.69) is 22.9 Å². The number of benzene rings is 1. The third-order valence-electron chi connectivity index (χ3n) is 2.21. The van der Waals surface area contributed by atoms with E-state index in [1.807, 2.05) is 18.2 Å². The van der Waals surface area contributed by atoms with E-state index in [1.54, 1.807) is 11.3 Å². The number of hydrogen-bond acceptors (Lipinski definition) is 2. The van der Waals surface area contributed by atoms with Crippen molar-refractivity contribution in [2.75, 3.05) is 6.61 Å². The highest BCUT2D eigenvalue weighted by Gasteiger charge is 2.04. The van der Waals surface area contributed by atoms with Gasteiger partial charge in [0.15, 0.2) is 0 Å². The van der Waals surface area contributed by atoms with E-state index < -0.39 is 0 Å². The zero-order valence-corrected chi connectivity index (χ0v) is 8.63. The van der Waals surface area contributed by atoms with Crippen molar-refractivity contribution < 1.29 is 5.11 Å². The van der Waals surface area contributed by atoms with Crippen LogP contribution in [0.25, 0.3) is 11.1 Å². The molecule has 0 fully saturated rings. The second kappa shape index (κ2) is 4.40. The molecule has 0 aliphatic carbocycles. The summed E-state index contributed by atoms with van der Waals surface area (Å²) in [4.78, 5) is 0. The summed E-state index contributed by atoms with van der Waals surface area (Å²) in [6.45, 7) is 0.219. The Kier molecular flexibility index (Phi) is 2.96. The fourth-order valence-electron chi connectivity index (χ4n) is 1.51. The molecule has 1 heterocycles. The molecule has 0 spiro atoms. The van der Waals surface area contributed by atoms with Crippen LogP contribution in [0.5, 0.6) is 0 Å². The summed E-state index contributed by atoms with van der Waals surface area (Å²) in [6.07, 6.45) is 0.744. The monoisotopic (exact) mass is 204 g/mol. The molecule has 1 aromatic carbocycles. The van der Waals surface area contributed by atoms with Crippen molar-refractivity contribution in [1.82, 2.24) is 0 Å². The quantitative estimate of drug-likeness (QED) is 0.815. The van der Waals surface area contributed by atoms with Gasteiger partial charge in [0, 0.05) is 6.61 Å². The lowest BCUT2D eigenvalue weighted by Gasteiger charge is -2.01. The Hall–Kier alpha value is -1.12. The van der Waals surface area contributed by atoms with Crippen LogP contribution in [-0.4, -0.2) is 11.7 Å². The van der Waals surface area contributed by atoms with Gasteiger partial charge in [-0.05, 0) is 33.9 Å². The second-order valence-electron chi connectivity index (χ2n) is 3.15. The lowest BCUT2D eigenvalue weighted by Crippen LogP contribution is -1.90. The van der Waals surface area contributed by atoms with E-state index in [9.17, 15) is 0 Å². The summed E-state index contributed by atoms with van der Waals surface area (Å²) in [5, 5.41) is 13.2. The topological polar surface area (TPSA) is 20.2 Å². The van der Waals surface area contributed by atoms with Gasteiger partial charge in [-0.3, -0.25) is 0 Å². The van der Waals surface area contributed by atoms with E-state index in [0.717, 1.165) is 6.42 Å². The van der Waals surface area contributed by atoms with Crippen molar-refractivity contribution in [2.24, 2.45) is 0 Å². The molecule has 0 aliphatic rings. The predicted molar refractivity (Wildman–Crippen MR) is 60.5 cm³/mol. The molecule has 0 atom stereocenters. The maximum atomic E-state index is 8.91. The van der Waals surface area contributed by atoms with E-state index in [1.165, 1.54) is 16.7 Å². The summed E-state index contributed by atoms with van der Waals surface area (Å²) in [5.41, 5.74) is 3.73. The Morgan fingerprint density at radius 3 is 2.57 bits per heavy atom. The SMILES string of the molecule is OCCc1cscc1-c1ccccc1. The van der Waals surface area contributed by atoms with Gasteiger partial charge in [-0.1, -0.05) is 30.3 Å². The van der Waals surface area contributed by atoms with Crippen molar-refractivity contribution in [1.29, 1.82) is 0 Å². The third-order valence-corrected chi connectivity index (χ3v) is 3.00. The minimum atomic E-state index is 0.219. The average Bonchev–Trinajstić information content (AvgIpc) is 2.68. The molecular weight excluding hydrogens is 192 g/mol. The molecule has 0 radical (unpaired) electrons. The van der Waals surface area contributed by atoms with Gasteiger partial charge in [-0.25, -0.2) is 0 Å². The van der Waals surface area contributed by atoms with Crippen LogP contribution >= 0.6 is 11.3 Å². The first kappa shape index (κ1) is 9.44. The van der Waals surface area contributed by atoms with Gasteiger partial charge in [0.25, 0.3) is 0 Å². The minimum absolute atomic E-state index is 0.219. The van der Waals surface area contributed by atoms with Crippen molar-refractivity contribution in [3.63, 3.8) is 0 Å². The molecule has 1 aromatic heterocycles. The Morgan fingerprint density at radius 1 is 1.07 bits per heavy atom. The molecular formula is C12H12OS. The Balaban J connectivity index is 2.37. The zero-order valence-electron chi connectivity index (χ0n) is 7.81. The van der Waals surface area contributed by atoms with Crippen molar-refractivity contribution in [3.8, 4) is 11.1 Å². The van der Waals surface area contributed by atoms with Crippen molar-refractivity contribution in [3.05, 3.63) is 46.7 Å². The number of rotatable bonds is 3. The Bertz CT molecular complexity index is 392. The van der Waals surface area contributed by atoms with Crippen LogP contribution in [0.15, 0.2) is 41.1 Å². The van der Waals surface area contributed by atoms with Crippen molar-refractivity contribution >= 4 is 11.3 Å². The number of thiophene rings is 1. The molecule has 2 aromatic rings. The van der Waals surface area contributed by atoms with Gasteiger partial charge in [-0.2, -0.15) is 11.3 Å². The summed E-state index contributed by atoms with van der Waals surface area (Å²) in [5.74, 6) is 0. The van der Waals surface area contributed by atoms with Gasteiger partial charge >= 0.3 is 0 Å². The Morgan fingerprint density at radius 2 is 1.86 bits per heavy atom. The van der Waals surface area contributed by atoms with Crippen LogP contribution in [0.1, 0.15) is 5.56 Å². The lowest BCUT2D eigenvalue weighted by molar-refractivity contribution is 0.300. The number of aliphatic hydroxyl groups is 1. The molecule has 0 unspecified atom stereocenters. The summed E-state index contributed by atoms with van der Waals surface area (Å²) in [6, 6.07) is 10.3. The van der Waals surface area contributed by atoms with Gasteiger partial charge in [0.1, 0.15) is 0 Å². The summed E-state index contributed by atoms with van der Waals surface area (Å²) in [7, 11) is 0. The summed E-state index contributed by atoms with van der Waals surface area (Å²) < 4.78 is 0. The predicted octanol–water partition coefficient (Wildman–Crippen LogP) is 2.95. The maximum Gasteiger partial charge on any atom is 0.0471 e. The van der Waals surface area contributed by atoms with E-state index in [4.69, 9.17) is 5.11 Å². The smallest absolute Gasteiger partial charge is 0.0471 e. The van der Waals surface area contributed by atoms with E-state index >= 15 is 0 Å². The normalized spacial score (nSPS) is 10.4. The molecule has 0 saturated heterocycles. The number of aliphatic hydroxyl groups excluding tert-OH is 1. The first-order chi connectivity index (χ1) is 6.92. The average molecular weight is 204 g/mol. The van der Waals surface area contributed by atoms with Crippen LogP contribution in [-0.2, 0) is 6.42 Å². The standard InChI is InChI=1S/C12H12OS/c13-7-6-11-8-14-9-12(11)10-4-2-1-3-5-10/h1-5,8-9,13H,6-7H2. The Labute approximate surface area is 87.7 Å². The highest BCUT2D eigenvalue weighted by atomic mass is 32.1. The van der Waals surface area contributed by atoms with Gasteiger partial charge in [-0.15, -0.1) is 0 Å². The summed E-state index contributed by atoms with van der Waals surface area (Å²) >= 11 is 1.69. The molecule has 1 N–H and O–H groups in total. The highest BCUT2D eigenvalue weighted by molar-refractivity contribution is 7.08. The van der Waals surface area contributed by atoms with E-state index in [-0.39, 0.29) is 6.61 Å². The first-order valence-electron chi connectivity index (χ1n) is 4.63. The second-order valence-corrected chi connectivity index (χ2v) is 3.89. The molecule has 0 aliphatic heterocycles. The first-order valence-corrected chi connectivity index (χ1v) is 5.57. The molecule has 2 heteroatoms. The molecule has 1 nitrogen and oxygen atoms in total. The van der Waals surface area contributed by atoms with Gasteiger partial charge < -0.3 is 5.11 Å². The van der Waals surface area contributed by atoms with Crippen molar-refractivity contribution in [2.45, 2.75) is 6.42 Å². The lowest BCUT2D eigenvalue weighted by atomic mass is 10.0. The third kappa shape index (κ3) is 1.86. The fourth-order valence-corrected chi connectivity index (χ4v) is 2.41.